The molecule has 0 aromatic heterocycles. The molecule has 0 aliphatic carbocycles. The van der Waals surface area contributed by atoms with Gasteiger partial charge in [-0.1, -0.05) is 29.8 Å². The summed E-state index contributed by atoms with van der Waals surface area (Å²) in [5.74, 6) is -0.634. The van der Waals surface area contributed by atoms with Crippen LogP contribution in [0.15, 0.2) is 55.1 Å². The van der Waals surface area contributed by atoms with E-state index < -0.39 is 22.0 Å². The Morgan fingerprint density at radius 1 is 1.29 bits per heavy atom. The van der Waals surface area contributed by atoms with Crippen LogP contribution < -0.4 is 19.7 Å². The van der Waals surface area contributed by atoms with Crippen LogP contribution in [0.3, 0.4) is 0 Å². The molecule has 1 aliphatic heterocycles. The van der Waals surface area contributed by atoms with E-state index in [2.05, 4.69) is 17.2 Å². The zero-order valence-electron chi connectivity index (χ0n) is 16.8. The second kappa shape index (κ2) is 9.40. The molecular weight excluding hydrogens is 442 g/mol. The molecule has 1 atom stereocenters. The number of rotatable bonds is 6. The molecule has 1 heterocycles. The summed E-state index contributed by atoms with van der Waals surface area (Å²) in [6.45, 7) is 3.88. The van der Waals surface area contributed by atoms with Crippen molar-refractivity contribution in [2.45, 2.75) is 12.5 Å². The van der Waals surface area contributed by atoms with Gasteiger partial charge in [0, 0.05) is 24.5 Å². The third-order valence-corrected chi connectivity index (χ3v) is 6.00. The van der Waals surface area contributed by atoms with Crippen molar-refractivity contribution in [3.8, 4) is 5.75 Å². The average Bonchev–Trinajstić information content (AvgIpc) is 2.91. The van der Waals surface area contributed by atoms with E-state index in [4.69, 9.17) is 16.3 Å². The number of hydrogen-bond donors (Lipinski definition) is 2. The van der Waals surface area contributed by atoms with Gasteiger partial charge >= 0.3 is 0 Å². The summed E-state index contributed by atoms with van der Waals surface area (Å²) >= 11 is 6.03. The molecule has 164 valence electrons. The molecule has 0 radical (unpaired) electrons. The third kappa shape index (κ3) is 5.36. The predicted octanol–water partition coefficient (Wildman–Crippen LogP) is 2.81. The summed E-state index contributed by atoms with van der Waals surface area (Å²) in [7, 11) is -3.61. The van der Waals surface area contributed by atoms with Crippen LogP contribution in [0, 0.1) is 0 Å². The van der Waals surface area contributed by atoms with Crippen LogP contribution in [0.5, 0.6) is 5.75 Å². The lowest BCUT2D eigenvalue weighted by atomic mass is 10.1. The fourth-order valence-corrected chi connectivity index (χ4v) is 4.25. The minimum absolute atomic E-state index is 0.0335. The van der Waals surface area contributed by atoms with Crippen molar-refractivity contribution < 1.29 is 22.7 Å². The van der Waals surface area contributed by atoms with Crippen molar-refractivity contribution in [3.63, 3.8) is 0 Å². The lowest BCUT2D eigenvalue weighted by Gasteiger charge is -2.21. The monoisotopic (exact) mass is 463 g/mol. The van der Waals surface area contributed by atoms with Crippen molar-refractivity contribution in [2.24, 2.45) is 0 Å². The normalized spacial score (nSPS) is 15.8. The molecule has 31 heavy (non-hydrogen) atoms. The van der Waals surface area contributed by atoms with Crippen LogP contribution in [0.2, 0.25) is 5.02 Å². The number of para-hydroxylation sites is 1. The predicted molar refractivity (Wildman–Crippen MR) is 120 cm³/mol. The van der Waals surface area contributed by atoms with E-state index >= 15 is 0 Å². The lowest BCUT2D eigenvalue weighted by Crippen LogP contribution is -2.36. The summed E-state index contributed by atoms with van der Waals surface area (Å²) in [6.07, 6.45) is 1.76. The molecule has 0 bridgehead atoms. The van der Waals surface area contributed by atoms with Crippen LogP contribution in [-0.4, -0.2) is 45.7 Å². The number of fused-ring (bicyclic) bond motifs is 1. The van der Waals surface area contributed by atoms with E-state index in [1.165, 1.54) is 12.1 Å². The highest BCUT2D eigenvalue weighted by Crippen LogP contribution is 2.36. The first-order chi connectivity index (χ1) is 14.7. The Morgan fingerprint density at radius 3 is 2.74 bits per heavy atom. The van der Waals surface area contributed by atoms with Crippen molar-refractivity contribution in [2.75, 3.05) is 29.0 Å². The molecule has 3 rings (SSSR count). The second-order valence-electron chi connectivity index (χ2n) is 6.88. The highest BCUT2D eigenvalue weighted by Gasteiger charge is 2.31. The van der Waals surface area contributed by atoms with Crippen LogP contribution in [-0.2, 0) is 14.8 Å². The number of halogens is 1. The van der Waals surface area contributed by atoms with Crippen molar-refractivity contribution in [3.05, 3.63) is 65.7 Å². The summed E-state index contributed by atoms with van der Waals surface area (Å²) < 4.78 is 31.5. The van der Waals surface area contributed by atoms with Gasteiger partial charge in [0.2, 0.25) is 10.0 Å². The largest absolute Gasteiger partial charge is 0.478 e. The lowest BCUT2D eigenvalue weighted by molar-refractivity contribution is -0.122. The Bertz CT molecular complexity index is 1120. The van der Waals surface area contributed by atoms with Crippen LogP contribution in [0.4, 0.5) is 11.4 Å². The molecular formula is C21H22ClN3O5S. The topological polar surface area (TPSA) is 105 Å². The van der Waals surface area contributed by atoms with Gasteiger partial charge in [0.05, 0.1) is 23.2 Å². The Labute approximate surface area is 185 Å². The number of nitrogens with zero attached hydrogens (tertiary/aromatic N) is 1. The van der Waals surface area contributed by atoms with Crippen molar-refractivity contribution >= 4 is 44.8 Å². The molecule has 0 saturated heterocycles. The van der Waals surface area contributed by atoms with Gasteiger partial charge in [0.15, 0.2) is 6.10 Å². The maximum atomic E-state index is 13.0. The SMILES string of the molecule is C=CCNC(=O)c1ccccc1NC(=O)[C@@H]1CCN(S(C)(=O)=O)c2cc(Cl)ccc2O1. The summed E-state index contributed by atoms with van der Waals surface area (Å²) in [4.78, 5) is 25.3. The standard InChI is InChI=1S/C21H22ClN3O5S/c1-3-11-23-20(26)15-6-4-5-7-16(15)24-21(27)19-10-12-25(31(2,28)29)17-13-14(22)8-9-18(17)30-19/h3-9,13,19H,1,10-12H2,2H3,(H,23,26)(H,24,27)/t19-/m0/s1. The Morgan fingerprint density at radius 2 is 2.03 bits per heavy atom. The molecule has 0 spiro atoms. The van der Waals surface area contributed by atoms with Gasteiger partial charge in [-0.05, 0) is 30.3 Å². The zero-order valence-corrected chi connectivity index (χ0v) is 18.4. The van der Waals surface area contributed by atoms with Crippen LogP contribution >= 0.6 is 11.6 Å². The highest BCUT2D eigenvalue weighted by molar-refractivity contribution is 7.92. The van der Waals surface area contributed by atoms with Gasteiger partial charge in [0.1, 0.15) is 5.75 Å². The minimum Gasteiger partial charge on any atom is -0.478 e. The van der Waals surface area contributed by atoms with Crippen molar-refractivity contribution in [1.82, 2.24) is 5.32 Å². The Kier molecular flexibility index (Phi) is 6.87. The van der Waals surface area contributed by atoms with E-state index in [1.807, 2.05) is 0 Å². The molecule has 2 N–H and O–H groups in total. The molecule has 2 aromatic rings. The third-order valence-electron chi connectivity index (χ3n) is 4.58. The van der Waals surface area contributed by atoms with E-state index in [-0.39, 0.29) is 42.4 Å². The number of anilines is 2. The Hall–Kier alpha value is -3.04. The Balaban J connectivity index is 1.85. The van der Waals surface area contributed by atoms with E-state index in [1.54, 1.807) is 36.4 Å². The number of sulfonamides is 1. The van der Waals surface area contributed by atoms with Crippen molar-refractivity contribution in [1.29, 1.82) is 0 Å². The summed E-state index contributed by atoms with van der Waals surface area (Å²) in [5.41, 5.74) is 0.879. The maximum Gasteiger partial charge on any atom is 0.265 e. The fraction of sp³-hybridized carbons (Fsp3) is 0.238. The quantitative estimate of drug-likeness (QED) is 0.641. The van der Waals surface area contributed by atoms with Gasteiger partial charge in [-0.3, -0.25) is 13.9 Å². The van der Waals surface area contributed by atoms with Crippen LogP contribution in [0.1, 0.15) is 16.8 Å². The van der Waals surface area contributed by atoms with Gasteiger partial charge in [-0.25, -0.2) is 8.42 Å². The van der Waals surface area contributed by atoms with E-state index in [9.17, 15) is 18.0 Å². The molecule has 8 nitrogen and oxygen atoms in total. The fourth-order valence-electron chi connectivity index (χ4n) is 3.14. The smallest absolute Gasteiger partial charge is 0.265 e. The molecule has 1 aliphatic rings. The highest BCUT2D eigenvalue weighted by atomic mass is 35.5. The summed E-state index contributed by atoms with van der Waals surface area (Å²) in [5, 5.41) is 5.73. The molecule has 2 amide bonds. The van der Waals surface area contributed by atoms with E-state index in [0.717, 1.165) is 10.6 Å². The number of carbonyl (C=O) groups excluding carboxylic acids is 2. The van der Waals surface area contributed by atoms with Gasteiger partial charge in [-0.2, -0.15) is 0 Å². The molecule has 2 aromatic carbocycles. The molecule has 0 fully saturated rings. The molecule has 0 saturated carbocycles. The van der Waals surface area contributed by atoms with E-state index in [0.29, 0.717) is 10.7 Å². The molecule has 0 unspecified atom stereocenters. The maximum absolute atomic E-state index is 13.0. The minimum atomic E-state index is -3.61. The number of amides is 2. The number of ether oxygens (including phenoxy) is 1. The van der Waals surface area contributed by atoms with Gasteiger partial charge < -0.3 is 15.4 Å². The molecule has 10 heteroatoms. The zero-order chi connectivity index (χ0) is 22.6. The first-order valence-electron chi connectivity index (χ1n) is 9.43. The average molecular weight is 464 g/mol. The first-order valence-corrected chi connectivity index (χ1v) is 11.7. The number of benzene rings is 2. The second-order valence-corrected chi connectivity index (χ2v) is 9.22. The van der Waals surface area contributed by atoms with Crippen LogP contribution in [0.25, 0.3) is 0 Å². The number of carbonyl (C=O) groups is 2. The summed E-state index contributed by atoms with van der Waals surface area (Å²) in [6, 6.07) is 11.1. The van der Waals surface area contributed by atoms with Gasteiger partial charge in [-0.15, -0.1) is 6.58 Å². The first kappa shape index (κ1) is 22.6. The van der Waals surface area contributed by atoms with Gasteiger partial charge in [0.25, 0.3) is 11.8 Å². The number of nitrogens with one attached hydrogen (secondary N) is 2. The number of hydrogen-bond acceptors (Lipinski definition) is 5.